The molecule has 1 aromatic carbocycles. The molecule has 0 aliphatic rings. The molecule has 0 N–H and O–H groups in total. The Balaban J connectivity index is 2.24. The predicted octanol–water partition coefficient (Wildman–Crippen LogP) is 4.42. The van der Waals surface area contributed by atoms with Crippen LogP contribution < -0.4 is 4.74 Å². The quantitative estimate of drug-likeness (QED) is 0.214. The van der Waals surface area contributed by atoms with E-state index < -0.39 is 20.1 Å². The van der Waals surface area contributed by atoms with Gasteiger partial charge in [0.1, 0.15) is 5.75 Å². The van der Waals surface area contributed by atoms with Gasteiger partial charge in [-0.2, -0.15) is 0 Å². The van der Waals surface area contributed by atoms with Crippen molar-refractivity contribution in [3.05, 3.63) is 30.0 Å². The van der Waals surface area contributed by atoms with Gasteiger partial charge < -0.3 is 18.5 Å². The fourth-order valence-corrected chi connectivity index (χ4v) is 3.83. The molecule has 0 bridgehead atoms. The molecule has 2 rings (SSSR count). The minimum Gasteiger partial charge on any atom is -0.497 e. The molecular formula is C21H31NO5Si. The topological polar surface area (TPSA) is 66.8 Å². The maximum atomic E-state index is 12.4. The fraction of sp³-hybridized carbons (Fsp3) is 0.524. The van der Waals surface area contributed by atoms with E-state index in [2.05, 4.69) is 38.6 Å². The summed E-state index contributed by atoms with van der Waals surface area (Å²) in [4.78, 5) is 24.1. The third-order valence-electron chi connectivity index (χ3n) is 5.52. The van der Waals surface area contributed by atoms with E-state index >= 15 is 0 Å². The van der Waals surface area contributed by atoms with Crippen molar-refractivity contribution in [2.45, 2.75) is 51.9 Å². The molecule has 1 aromatic heterocycles. The number of rotatable bonds is 8. The van der Waals surface area contributed by atoms with Gasteiger partial charge in [-0.1, -0.05) is 20.8 Å². The Bertz CT molecular complexity index is 864. The number of nitrogens with zero attached hydrogens (tertiary/aromatic N) is 1. The molecule has 1 heterocycles. The summed E-state index contributed by atoms with van der Waals surface area (Å²) in [5.41, 5.74) is 1.19. The average Bonchev–Trinajstić information content (AvgIpc) is 3.00. The normalized spacial score (nSPS) is 12.2. The molecule has 0 unspecified atom stereocenters. The van der Waals surface area contributed by atoms with Crippen molar-refractivity contribution in [3.63, 3.8) is 0 Å². The largest absolute Gasteiger partial charge is 0.497 e. The summed E-state index contributed by atoms with van der Waals surface area (Å²) in [6.07, 6.45) is 2.52. The van der Waals surface area contributed by atoms with Gasteiger partial charge in [-0.3, -0.25) is 4.79 Å². The standard InChI is InChI=1S/C21H31NO5Si/c1-21(2,3)28(6,7)27-12-8-11-22-14-17(19(23)20(24)26-5)16-10-9-15(25-4)13-18(16)22/h9-10,13-14H,8,11-12H2,1-7H3. The molecular weight excluding hydrogens is 374 g/mol. The van der Waals surface area contributed by atoms with E-state index in [1.54, 1.807) is 25.4 Å². The monoisotopic (exact) mass is 405 g/mol. The number of aryl methyl sites for hydroxylation is 1. The lowest BCUT2D eigenvalue weighted by molar-refractivity contribution is -0.135. The number of benzene rings is 1. The van der Waals surface area contributed by atoms with Crippen LogP contribution in [0.1, 0.15) is 37.6 Å². The van der Waals surface area contributed by atoms with Gasteiger partial charge in [0, 0.05) is 30.8 Å². The van der Waals surface area contributed by atoms with Crippen LogP contribution >= 0.6 is 0 Å². The van der Waals surface area contributed by atoms with Crippen LogP contribution in [0.4, 0.5) is 0 Å². The third-order valence-corrected chi connectivity index (χ3v) is 10.1. The number of ether oxygens (including phenoxy) is 2. The molecule has 154 valence electrons. The Morgan fingerprint density at radius 3 is 2.39 bits per heavy atom. The molecule has 0 radical (unpaired) electrons. The second kappa shape index (κ2) is 8.49. The van der Waals surface area contributed by atoms with Crippen molar-refractivity contribution in [2.24, 2.45) is 0 Å². The summed E-state index contributed by atoms with van der Waals surface area (Å²) in [5, 5.41) is 0.877. The molecule has 28 heavy (non-hydrogen) atoms. The molecule has 0 spiro atoms. The number of esters is 1. The van der Waals surface area contributed by atoms with Crippen molar-refractivity contribution >= 4 is 31.0 Å². The lowest BCUT2D eigenvalue weighted by Gasteiger charge is -2.36. The molecule has 0 fully saturated rings. The van der Waals surface area contributed by atoms with Crippen molar-refractivity contribution < 1.29 is 23.5 Å². The SMILES string of the molecule is COC(=O)C(=O)c1cn(CCCO[Si](C)(C)C(C)(C)C)c2cc(OC)ccc12. The van der Waals surface area contributed by atoms with Gasteiger partial charge in [0.25, 0.3) is 5.78 Å². The summed E-state index contributed by atoms with van der Waals surface area (Å²) in [5.74, 6) is -0.813. The first kappa shape index (κ1) is 22.2. The van der Waals surface area contributed by atoms with E-state index in [1.807, 2.05) is 10.6 Å². The second-order valence-corrected chi connectivity index (χ2v) is 13.2. The molecule has 6 nitrogen and oxygen atoms in total. The van der Waals surface area contributed by atoms with Crippen LogP contribution in [0, 0.1) is 0 Å². The van der Waals surface area contributed by atoms with Gasteiger partial charge in [-0.05, 0) is 36.7 Å². The van der Waals surface area contributed by atoms with E-state index in [0.29, 0.717) is 29.9 Å². The van der Waals surface area contributed by atoms with Crippen LogP contribution in [0.15, 0.2) is 24.4 Å². The van der Waals surface area contributed by atoms with E-state index in [-0.39, 0.29) is 5.04 Å². The molecule has 0 saturated carbocycles. The number of ketones is 1. The summed E-state index contributed by atoms with van der Waals surface area (Å²) < 4.78 is 18.1. The van der Waals surface area contributed by atoms with E-state index in [9.17, 15) is 9.59 Å². The van der Waals surface area contributed by atoms with Gasteiger partial charge in [0.05, 0.1) is 25.3 Å². The number of aromatic nitrogens is 1. The van der Waals surface area contributed by atoms with Crippen LogP contribution in [-0.2, 0) is 20.5 Å². The van der Waals surface area contributed by atoms with Crippen LogP contribution in [0.5, 0.6) is 5.75 Å². The van der Waals surface area contributed by atoms with E-state index in [4.69, 9.17) is 9.16 Å². The minimum atomic E-state index is -1.79. The highest BCUT2D eigenvalue weighted by molar-refractivity contribution is 6.74. The summed E-state index contributed by atoms with van der Waals surface area (Å²) >= 11 is 0. The van der Waals surface area contributed by atoms with Crippen molar-refractivity contribution in [3.8, 4) is 5.75 Å². The average molecular weight is 406 g/mol. The predicted molar refractivity (Wildman–Crippen MR) is 113 cm³/mol. The van der Waals surface area contributed by atoms with E-state index in [0.717, 1.165) is 11.9 Å². The maximum Gasteiger partial charge on any atom is 0.379 e. The van der Waals surface area contributed by atoms with Crippen molar-refractivity contribution in [1.82, 2.24) is 4.57 Å². The van der Waals surface area contributed by atoms with Gasteiger partial charge in [0.2, 0.25) is 0 Å². The zero-order chi connectivity index (χ0) is 21.1. The van der Waals surface area contributed by atoms with Crippen LogP contribution in [0.3, 0.4) is 0 Å². The molecule has 0 amide bonds. The molecule has 0 aliphatic heterocycles. The maximum absolute atomic E-state index is 12.4. The Morgan fingerprint density at radius 2 is 1.82 bits per heavy atom. The highest BCUT2D eigenvalue weighted by atomic mass is 28.4. The highest BCUT2D eigenvalue weighted by Crippen LogP contribution is 2.36. The Morgan fingerprint density at radius 1 is 1.14 bits per heavy atom. The third kappa shape index (κ3) is 4.64. The van der Waals surface area contributed by atoms with Gasteiger partial charge in [-0.25, -0.2) is 4.79 Å². The number of fused-ring (bicyclic) bond motifs is 1. The van der Waals surface area contributed by atoms with Gasteiger partial charge in [-0.15, -0.1) is 0 Å². The lowest BCUT2D eigenvalue weighted by atomic mass is 10.1. The van der Waals surface area contributed by atoms with Gasteiger partial charge in [0.15, 0.2) is 8.32 Å². The second-order valence-electron chi connectivity index (χ2n) is 8.40. The van der Waals surface area contributed by atoms with Crippen LogP contribution in [0.25, 0.3) is 10.9 Å². The van der Waals surface area contributed by atoms with Crippen LogP contribution in [0.2, 0.25) is 18.1 Å². The lowest BCUT2D eigenvalue weighted by Crippen LogP contribution is -2.41. The Labute approximate surface area is 167 Å². The van der Waals surface area contributed by atoms with E-state index in [1.165, 1.54) is 7.11 Å². The Kier molecular flexibility index (Phi) is 6.72. The summed E-state index contributed by atoms with van der Waals surface area (Å²) in [6, 6.07) is 5.45. The highest BCUT2D eigenvalue weighted by Gasteiger charge is 2.36. The van der Waals surface area contributed by atoms with Gasteiger partial charge >= 0.3 is 5.97 Å². The number of hydrogen-bond acceptors (Lipinski definition) is 5. The number of carbonyl (C=O) groups is 2. The molecule has 7 heteroatoms. The zero-order valence-electron chi connectivity index (χ0n) is 17.9. The molecule has 0 aliphatic carbocycles. The first-order valence-electron chi connectivity index (χ1n) is 9.45. The first-order chi connectivity index (χ1) is 13.0. The Hall–Kier alpha value is -2.12. The number of carbonyl (C=O) groups excluding carboxylic acids is 2. The van der Waals surface area contributed by atoms with Crippen LogP contribution in [-0.4, -0.2) is 45.5 Å². The minimum absolute atomic E-state index is 0.167. The first-order valence-corrected chi connectivity index (χ1v) is 12.4. The number of Topliss-reactive ketones (excluding diaryl/α,β-unsaturated/α-hetero) is 1. The zero-order valence-corrected chi connectivity index (χ0v) is 18.9. The van der Waals surface area contributed by atoms with Crippen molar-refractivity contribution in [2.75, 3.05) is 20.8 Å². The number of hydrogen-bond donors (Lipinski definition) is 0. The summed E-state index contributed by atoms with van der Waals surface area (Å²) in [7, 11) is 1.02. The number of methoxy groups -OCH3 is 2. The fourth-order valence-electron chi connectivity index (χ4n) is 2.75. The van der Waals surface area contributed by atoms with Crippen molar-refractivity contribution in [1.29, 1.82) is 0 Å². The molecule has 0 saturated heterocycles. The molecule has 0 atom stereocenters. The smallest absolute Gasteiger partial charge is 0.379 e. The summed E-state index contributed by atoms with van der Waals surface area (Å²) in [6.45, 7) is 12.4. The molecule has 2 aromatic rings.